The van der Waals surface area contributed by atoms with Crippen LogP contribution in [0.1, 0.15) is 5.56 Å². The largest absolute Gasteiger partial charge is 0.456 e. The Hall–Kier alpha value is -2.13. The van der Waals surface area contributed by atoms with Crippen LogP contribution in [0.2, 0.25) is 19.6 Å². The topological polar surface area (TPSA) is 30.2 Å². The quantitative estimate of drug-likeness (QED) is 0.660. The lowest BCUT2D eigenvalue weighted by atomic mass is 10.1. The van der Waals surface area contributed by atoms with E-state index in [1.54, 1.807) is 0 Å². The highest BCUT2D eigenvalue weighted by Gasteiger charge is 2.28. The summed E-state index contributed by atoms with van der Waals surface area (Å²) in [6.45, 7) is 8.54. The van der Waals surface area contributed by atoms with Crippen molar-refractivity contribution in [3.05, 3.63) is 64.3 Å². The molecule has 2 nitrogen and oxygen atoms in total. The Morgan fingerprint density at radius 3 is 2.23 bits per heavy atom. The molecule has 0 N–H and O–H groups in total. The standard InChI is InChI=1S/C19H20O2Si/c1-13-9-8-12-15-16(20)19(22(2,3)4)18(21-17(13)15)14-10-6-5-7-11-14/h5-12H,1-4H3. The second-order valence-electron chi connectivity index (χ2n) is 6.70. The zero-order chi connectivity index (χ0) is 15.9. The second-order valence-corrected chi connectivity index (χ2v) is 11.7. The van der Waals surface area contributed by atoms with E-state index in [1.165, 1.54) is 0 Å². The van der Waals surface area contributed by atoms with Crippen LogP contribution >= 0.6 is 0 Å². The molecule has 0 unspecified atom stereocenters. The van der Waals surface area contributed by atoms with E-state index in [9.17, 15) is 4.79 Å². The summed E-state index contributed by atoms with van der Waals surface area (Å²) in [5.41, 5.74) is 2.80. The first-order chi connectivity index (χ1) is 10.4. The fourth-order valence-corrected chi connectivity index (χ4v) is 4.52. The molecule has 0 amide bonds. The molecule has 0 fully saturated rings. The van der Waals surface area contributed by atoms with Crippen LogP contribution in [0.5, 0.6) is 0 Å². The van der Waals surface area contributed by atoms with E-state index in [1.807, 2.05) is 55.5 Å². The first-order valence-electron chi connectivity index (χ1n) is 7.52. The third-order valence-electron chi connectivity index (χ3n) is 3.90. The van der Waals surface area contributed by atoms with Gasteiger partial charge in [-0.2, -0.15) is 0 Å². The van der Waals surface area contributed by atoms with Gasteiger partial charge in [0.15, 0.2) is 5.43 Å². The molecule has 0 aliphatic rings. The molecule has 0 saturated heterocycles. The van der Waals surface area contributed by atoms with Crippen LogP contribution in [0.15, 0.2) is 57.7 Å². The fraction of sp³-hybridized carbons (Fsp3) is 0.211. The van der Waals surface area contributed by atoms with Gasteiger partial charge in [0.2, 0.25) is 0 Å². The van der Waals surface area contributed by atoms with E-state index in [0.717, 1.165) is 22.1 Å². The summed E-state index contributed by atoms with van der Waals surface area (Å²) in [5, 5.41) is 1.56. The average molecular weight is 308 g/mol. The Bertz CT molecular complexity index is 887. The van der Waals surface area contributed by atoms with Crippen LogP contribution in [-0.4, -0.2) is 8.07 Å². The molecule has 0 aliphatic heterocycles. The number of benzene rings is 2. The van der Waals surface area contributed by atoms with Crippen LogP contribution in [0.4, 0.5) is 0 Å². The van der Waals surface area contributed by atoms with E-state index in [-0.39, 0.29) is 5.43 Å². The van der Waals surface area contributed by atoms with Crippen molar-refractivity contribution in [3.8, 4) is 11.3 Å². The lowest BCUT2D eigenvalue weighted by Crippen LogP contribution is -2.48. The van der Waals surface area contributed by atoms with Crippen LogP contribution in [-0.2, 0) is 0 Å². The normalized spacial score (nSPS) is 11.8. The van der Waals surface area contributed by atoms with Crippen molar-refractivity contribution in [2.45, 2.75) is 26.6 Å². The highest BCUT2D eigenvalue weighted by atomic mass is 28.3. The molecule has 22 heavy (non-hydrogen) atoms. The summed E-state index contributed by atoms with van der Waals surface area (Å²) in [6.07, 6.45) is 0. The van der Waals surface area contributed by atoms with Crippen LogP contribution in [0.25, 0.3) is 22.3 Å². The summed E-state index contributed by atoms with van der Waals surface area (Å²) >= 11 is 0. The molecule has 112 valence electrons. The Labute approximate surface area is 131 Å². The minimum Gasteiger partial charge on any atom is -0.456 e. The van der Waals surface area contributed by atoms with Gasteiger partial charge in [0.1, 0.15) is 11.3 Å². The van der Waals surface area contributed by atoms with Gasteiger partial charge < -0.3 is 4.42 Å². The van der Waals surface area contributed by atoms with Gasteiger partial charge in [0.05, 0.1) is 13.5 Å². The van der Waals surface area contributed by atoms with Crippen LogP contribution in [0.3, 0.4) is 0 Å². The summed E-state index contributed by atoms with van der Waals surface area (Å²) in [5.74, 6) is 0.742. The van der Waals surface area contributed by atoms with E-state index in [2.05, 4.69) is 19.6 Å². The molecule has 0 aliphatic carbocycles. The van der Waals surface area contributed by atoms with Gasteiger partial charge in [-0.05, 0) is 18.6 Å². The van der Waals surface area contributed by atoms with E-state index in [4.69, 9.17) is 4.42 Å². The van der Waals surface area contributed by atoms with Crippen molar-refractivity contribution in [1.29, 1.82) is 0 Å². The van der Waals surface area contributed by atoms with Gasteiger partial charge in [0, 0.05) is 10.8 Å². The predicted molar refractivity (Wildman–Crippen MR) is 95.6 cm³/mol. The molecular formula is C19H20O2Si. The average Bonchev–Trinajstić information content (AvgIpc) is 2.47. The minimum atomic E-state index is -1.85. The van der Waals surface area contributed by atoms with Crippen molar-refractivity contribution in [1.82, 2.24) is 0 Å². The van der Waals surface area contributed by atoms with Gasteiger partial charge in [0.25, 0.3) is 0 Å². The lowest BCUT2D eigenvalue weighted by molar-refractivity contribution is 0.620. The Balaban J connectivity index is 2.49. The van der Waals surface area contributed by atoms with Gasteiger partial charge in [-0.15, -0.1) is 0 Å². The Kier molecular flexibility index (Phi) is 3.53. The second kappa shape index (κ2) is 5.25. The minimum absolute atomic E-state index is 0.128. The molecule has 0 spiro atoms. The number of hydrogen-bond donors (Lipinski definition) is 0. The smallest absolute Gasteiger partial charge is 0.192 e. The number of aryl methyl sites for hydroxylation is 1. The molecule has 3 rings (SSSR count). The molecule has 0 radical (unpaired) electrons. The van der Waals surface area contributed by atoms with Crippen LogP contribution in [0, 0.1) is 6.92 Å². The monoisotopic (exact) mass is 308 g/mol. The van der Waals surface area contributed by atoms with Crippen molar-refractivity contribution in [2.75, 3.05) is 0 Å². The zero-order valence-electron chi connectivity index (χ0n) is 13.4. The predicted octanol–water partition coefficient (Wildman–Crippen LogP) is 4.31. The highest BCUT2D eigenvalue weighted by molar-refractivity contribution is 6.89. The summed E-state index contributed by atoms with van der Waals surface area (Å²) in [4.78, 5) is 13.1. The maximum atomic E-state index is 13.1. The SMILES string of the molecule is Cc1cccc2c(=O)c([Si](C)(C)C)c(-c3ccccc3)oc12. The Morgan fingerprint density at radius 2 is 1.59 bits per heavy atom. The molecule has 3 aromatic rings. The molecule has 0 atom stereocenters. The first-order valence-corrected chi connectivity index (χ1v) is 11.0. The molecule has 0 bridgehead atoms. The van der Waals surface area contributed by atoms with Crippen molar-refractivity contribution < 1.29 is 4.42 Å². The summed E-state index contributed by atoms with van der Waals surface area (Å²) in [6, 6.07) is 15.7. The van der Waals surface area contributed by atoms with Gasteiger partial charge in [-0.3, -0.25) is 4.79 Å². The Morgan fingerprint density at radius 1 is 0.909 bits per heavy atom. The molecule has 3 heteroatoms. The maximum Gasteiger partial charge on any atom is 0.192 e. The number of para-hydroxylation sites is 1. The molecule has 1 aromatic heterocycles. The lowest BCUT2D eigenvalue weighted by Gasteiger charge is -2.20. The molecule has 1 heterocycles. The number of hydrogen-bond acceptors (Lipinski definition) is 2. The summed E-state index contributed by atoms with van der Waals surface area (Å²) < 4.78 is 6.25. The van der Waals surface area contributed by atoms with E-state index in [0.29, 0.717) is 11.0 Å². The van der Waals surface area contributed by atoms with E-state index < -0.39 is 8.07 Å². The van der Waals surface area contributed by atoms with Crippen molar-refractivity contribution >= 4 is 24.2 Å². The third kappa shape index (κ3) is 2.42. The van der Waals surface area contributed by atoms with Gasteiger partial charge in [-0.1, -0.05) is 62.1 Å². The molecule has 0 saturated carbocycles. The van der Waals surface area contributed by atoms with Gasteiger partial charge >= 0.3 is 0 Å². The molecular weight excluding hydrogens is 288 g/mol. The highest BCUT2D eigenvalue weighted by Crippen LogP contribution is 2.24. The van der Waals surface area contributed by atoms with Crippen molar-refractivity contribution in [2.24, 2.45) is 0 Å². The fourth-order valence-electron chi connectivity index (χ4n) is 2.83. The number of rotatable bonds is 2. The number of fused-ring (bicyclic) bond motifs is 1. The van der Waals surface area contributed by atoms with E-state index >= 15 is 0 Å². The molecule has 2 aromatic carbocycles. The first kappa shape index (κ1) is 14.8. The summed E-state index contributed by atoms with van der Waals surface area (Å²) in [7, 11) is -1.85. The zero-order valence-corrected chi connectivity index (χ0v) is 14.4. The third-order valence-corrected chi connectivity index (χ3v) is 5.85. The maximum absolute atomic E-state index is 13.1. The van der Waals surface area contributed by atoms with Crippen LogP contribution < -0.4 is 10.6 Å². The van der Waals surface area contributed by atoms with Gasteiger partial charge in [-0.25, -0.2) is 0 Å². The van der Waals surface area contributed by atoms with Crippen molar-refractivity contribution in [3.63, 3.8) is 0 Å².